The topological polar surface area (TPSA) is 105 Å². The average molecular weight is 377 g/mol. The second-order valence-electron chi connectivity index (χ2n) is 5.00. The van der Waals surface area contributed by atoms with Gasteiger partial charge in [-0.25, -0.2) is 4.98 Å². The van der Waals surface area contributed by atoms with Gasteiger partial charge in [-0.3, -0.25) is 19.8 Å². The third-order valence-electron chi connectivity index (χ3n) is 3.37. The van der Waals surface area contributed by atoms with E-state index in [1.54, 1.807) is 0 Å². The van der Waals surface area contributed by atoms with Gasteiger partial charge in [0.1, 0.15) is 5.56 Å². The number of fused-ring (bicyclic) bond motifs is 1. The Bertz CT molecular complexity index is 1000. The highest BCUT2D eigenvalue weighted by atomic mass is 32.1. The number of hydrogen-bond acceptors (Lipinski definition) is 8. The molecule has 10 heteroatoms. The molecular weight excluding hydrogens is 362 g/mol. The minimum atomic E-state index is -0.522. The van der Waals surface area contributed by atoms with Gasteiger partial charge in [-0.05, 0) is 24.4 Å². The van der Waals surface area contributed by atoms with Crippen LogP contribution in [0.3, 0.4) is 0 Å². The maximum absolute atomic E-state index is 12.0. The number of benzene rings is 1. The van der Waals surface area contributed by atoms with Crippen molar-refractivity contribution in [3.05, 3.63) is 45.0 Å². The highest BCUT2D eigenvalue weighted by Gasteiger charge is 2.11. The summed E-state index contributed by atoms with van der Waals surface area (Å²) >= 11 is 6.48. The molecule has 3 N–H and O–H groups in total. The maximum Gasteiger partial charge on any atom is 0.264 e. The van der Waals surface area contributed by atoms with Crippen LogP contribution >= 0.6 is 23.6 Å². The Balaban J connectivity index is 1.85. The molecular formula is C15H15N5O3S2. The Morgan fingerprint density at radius 3 is 3.08 bits per heavy atom. The largest absolute Gasteiger partial charge is 0.494 e. The highest BCUT2D eigenvalue weighted by molar-refractivity contribution is 7.71. The van der Waals surface area contributed by atoms with Gasteiger partial charge in [0.15, 0.2) is 4.77 Å². The first kappa shape index (κ1) is 17.3. The van der Waals surface area contributed by atoms with E-state index < -0.39 is 5.56 Å². The van der Waals surface area contributed by atoms with Gasteiger partial charge in [0, 0.05) is 7.11 Å². The minimum absolute atomic E-state index is 0.00156. The third-order valence-corrected chi connectivity index (χ3v) is 4.64. The van der Waals surface area contributed by atoms with Crippen molar-refractivity contribution in [1.82, 2.24) is 14.5 Å². The van der Waals surface area contributed by atoms with Gasteiger partial charge in [0.05, 0.1) is 29.6 Å². The van der Waals surface area contributed by atoms with Crippen LogP contribution < -0.4 is 11.0 Å². The lowest BCUT2D eigenvalue weighted by Crippen LogP contribution is -2.20. The first-order chi connectivity index (χ1) is 12.1. The van der Waals surface area contributed by atoms with Gasteiger partial charge in [-0.2, -0.15) is 5.10 Å². The van der Waals surface area contributed by atoms with Crippen molar-refractivity contribution in [2.75, 3.05) is 19.1 Å². The summed E-state index contributed by atoms with van der Waals surface area (Å²) < 4.78 is 7.49. The van der Waals surface area contributed by atoms with Crippen molar-refractivity contribution >= 4 is 45.1 Å². The molecule has 0 fully saturated rings. The molecule has 0 aliphatic rings. The van der Waals surface area contributed by atoms with Crippen LogP contribution in [-0.4, -0.2) is 39.6 Å². The lowest BCUT2D eigenvalue weighted by atomic mass is 10.3. The summed E-state index contributed by atoms with van der Waals surface area (Å²) in [5.74, 6) is -0.263. The van der Waals surface area contributed by atoms with Crippen molar-refractivity contribution in [2.45, 2.75) is 6.54 Å². The van der Waals surface area contributed by atoms with Gasteiger partial charge >= 0.3 is 0 Å². The van der Waals surface area contributed by atoms with Crippen LogP contribution in [0.2, 0.25) is 0 Å². The van der Waals surface area contributed by atoms with Crippen molar-refractivity contribution in [3.63, 3.8) is 0 Å². The Hall–Kier alpha value is -2.56. The molecule has 0 amide bonds. The average Bonchev–Trinajstić information content (AvgIpc) is 3.00. The summed E-state index contributed by atoms with van der Waals surface area (Å²) in [7, 11) is 1.54. The summed E-state index contributed by atoms with van der Waals surface area (Å²) in [4.78, 5) is 18.9. The monoisotopic (exact) mass is 377 g/mol. The number of ether oxygens (including phenoxy) is 1. The van der Waals surface area contributed by atoms with Gasteiger partial charge in [-0.15, -0.1) is 0 Å². The molecule has 2 heterocycles. The molecule has 3 aromatic rings. The summed E-state index contributed by atoms with van der Waals surface area (Å²) in [5, 5.41) is 14.9. The standard InChI is InChI=1S/C15H15N5O3S2/c1-23-7-6-20-13(22)9(12(21)18-15(20)24)8-16-19-14-17-10-4-2-3-5-11(10)25-14/h2-5,8,22H,6-7H2,1H3,(H,17,19)(H,18,21,24)/b16-8-. The molecule has 2 aromatic heterocycles. The normalized spacial score (nSPS) is 11.4. The molecule has 1 aromatic carbocycles. The fourth-order valence-electron chi connectivity index (χ4n) is 2.15. The minimum Gasteiger partial charge on any atom is -0.494 e. The zero-order valence-corrected chi connectivity index (χ0v) is 14.9. The van der Waals surface area contributed by atoms with Crippen LogP contribution in [0.1, 0.15) is 5.56 Å². The van der Waals surface area contributed by atoms with E-state index in [-0.39, 0.29) is 16.2 Å². The molecule has 25 heavy (non-hydrogen) atoms. The Morgan fingerprint density at radius 2 is 2.32 bits per heavy atom. The van der Waals surface area contributed by atoms with E-state index in [0.29, 0.717) is 18.3 Å². The van der Waals surface area contributed by atoms with Crippen LogP contribution in [0.15, 0.2) is 34.2 Å². The number of H-pyrrole nitrogens is 1. The predicted octanol–water partition coefficient (Wildman–Crippen LogP) is 2.31. The van der Waals surface area contributed by atoms with Gasteiger partial charge in [0.2, 0.25) is 11.0 Å². The van der Waals surface area contributed by atoms with Crippen LogP contribution in [0, 0.1) is 4.77 Å². The molecule has 0 bridgehead atoms. The van der Waals surface area contributed by atoms with Crippen LogP contribution in [-0.2, 0) is 11.3 Å². The van der Waals surface area contributed by atoms with E-state index in [1.807, 2.05) is 24.3 Å². The fraction of sp³-hybridized carbons (Fsp3) is 0.200. The van der Waals surface area contributed by atoms with Crippen molar-refractivity contribution in [1.29, 1.82) is 0 Å². The number of nitrogens with one attached hydrogen (secondary N) is 2. The maximum atomic E-state index is 12.0. The number of anilines is 1. The summed E-state index contributed by atoms with van der Waals surface area (Å²) in [6, 6.07) is 7.69. The van der Waals surface area contributed by atoms with Gasteiger partial charge in [-0.1, -0.05) is 23.5 Å². The third kappa shape index (κ3) is 3.76. The van der Waals surface area contributed by atoms with E-state index in [2.05, 4.69) is 20.5 Å². The zero-order chi connectivity index (χ0) is 17.8. The van der Waals surface area contributed by atoms with E-state index in [0.717, 1.165) is 10.2 Å². The van der Waals surface area contributed by atoms with Crippen molar-refractivity contribution < 1.29 is 9.84 Å². The SMILES string of the molecule is COCCn1c(O)c(/C=N\Nc2nc3ccccc3s2)c(=O)[nH]c1=S. The number of thiazole rings is 1. The van der Waals surface area contributed by atoms with Crippen molar-refractivity contribution in [3.8, 4) is 5.88 Å². The second kappa shape index (κ2) is 7.55. The smallest absolute Gasteiger partial charge is 0.264 e. The number of hydrogen-bond donors (Lipinski definition) is 3. The lowest BCUT2D eigenvalue weighted by molar-refractivity contribution is 0.182. The summed E-state index contributed by atoms with van der Waals surface area (Å²) in [5.41, 5.74) is 3.10. The zero-order valence-electron chi connectivity index (χ0n) is 13.2. The number of nitrogens with zero attached hydrogens (tertiary/aromatic N) is 3. The number of hydrazone groups is 1. The Kier molecular flexibility index (Phi) is 5.22. The molecule has 0 saturated heterocycles. The molecule has 0 aliphatic carbocycles. The van der Waals surface area contributed by atoms with E-state index in [4.69, 9.17) is 17.0 Å². The van der Waals surface area contributed by atoms with Crippen LogP contribution in [0.5, 0.6) is 5.88 Å². The number of aromatic nitrogens is 3. The summed E-state index contributed by atoms with van der Waals surface area (Å²) in [6.45, 7) is 0.651. The van der Waals surface area contributed by atoms with Crippen molar-refractivity contribution in [2.24, 2.45) is 5.10 Å². The van der Waals surface area contributed by atoms with E-state index >= 15 is 0 Å². The first-order valence-corrected chi connectivity index (χ1v) is 8.52. The predicted molar refractivity (Wildman–Crippen MR) is 100 cm³/mol. The van der Waals surface area contributed by atoms with E-state index in [1.165, 1.54) is 29.2 Å². The molecule has 0 spiro atoms. The highest BCUT2D eigenvalue weighted by Crippen LogP contribution is 2.25. The lowest BCUT2D eigenvalue weighted by Gasteiger charge is -2.10. The summed E-state index contributed by atoms with van der Waals surface area (Å²) in [6.07, 6.45) is 1.23. The molecule has 3 rings (SSSR count). The van der Waals surface area contributed by atoms with E-state index in [9.17, 15) is 9.90 Å². The number of rotatable bonds is 6. The number of aromatic hydroxyl groups is 1. The Morgan fingerprint density at radius 1 is 1.52 bits per heavy atom. The van der Waals surface area contributed by atoms with Crippen LogP contribution in [0.25, 0.3) is 10.2 Å². The number of methoxy groups -OCH3 is 1. The molecule has 0 saturated carbocycles. The number of aromatic amines is 1. The van der Waals surface area contributed by atoms with Gasteiger partial charge in [0.25, 0.3) is 5.56 Å². The molecule has 130 valence electrons. The fourth-order valence-corrected chi connectivity index (χ4v) is 3.24. The molecule has 0 unspecified atom stereocenters. The first-order valence-electron chi connectivity index (χ1n) is 7.30. The molecule has 0 radical (unpaired) electrons. The number of para-hydroxylation sites is 1. The van der Waals surface area contributed by atoms with Gasteiger partial charge < -0.3 is 9.84 Å². The Labute approximate surface area is 151 Å². The molecule has 0 atom stereocenters. The quantitative estimate of drug-likeness (QED) is 0.346. The molecule has 8 nitrogen and oxygen atoms in total. The van der Waals surface area contributed by atoms with Crippen LogP contribution in [0.4, 0.5) is 5.13 Å². The second-order valence-corrected chi connectivity index (χ2v) is 6.42. The molecule has 0 aliphatic heterocycles.